The lowest BCUT2D eigenvalue weighted by molar-refractivity contribution is 0.494. The minimum atomic E-state index is 0.722. The first-order valence-electron chi connectivity index (χ1n) is 4.68. The van der Waals surface area contributed by atoms with Gasteiger partial charge in [-0.2, -0.15) is 0 Å². The number of halogens is 1. The highest BCUT2D eigenvalue weighted by Gasteiger charge is 2.06. The number of hydrogen-bond donors (Lipinski definition) is 1. The molecular weight excluding hydrogens is 244 g/mol. The van der Waals surface area contributed by atoms with Gasteiger partial charge in [0.1, 0.15) is 5.01 Å². The van der Waals surface area contributed by atoms with E-state index in [9.17, 15) is 0 Å². The molecule has 0 aliphatic heterocycles. The molecule has 6 heteroatoms. The Morgan fingerprint density at radius 3 is 2.50 bits per heavy atom. The van der Waals surface area contributed by atoms with Crippen LogP contribution < -0.4 is 5.43 Å². The van der Waals surface area contributed by atoms with Crippen LogP contribution in [0.5, 0.6) is 0 Å². The van der Waals surface area contributed by atoms with Crippen molar-refractivity contribution in [3.05, 3.63) is 29.3 Å². The molecule has 0 amide bonds. The second kappa shape index (κ2) is 4.78. The number of nitrogens with one attached hydrogen (secondary N) is 1. The summed E-state index contributed by atoms with van der Waals surface area (Å²) in [5.41, 5.74) is 4.08. The van der Waals surface area contributed by atoms with E-state index in [2.05, 4.69) is 15.6 Å². The average molecular weight is 255 g/mol. The number of hydrogen-bond acceptors (Lipinski definition) is 5. The lowest BCUT2D eigenvalue weighted by Crippen LogP contribution is -2.19. The Morgan fingerprint density at radius 1 is 1.19 bits per heavy atom. The maximum atomic E-state index is 5.82. The van der Waals surface area contributed by atoms with Crippen LogP contribution >= 0.6 is 22.9 Å². The Balaban J connectivity index is 2.21. The van der Waals surface area contributed by atoms with Crippen LogP contribution in [0.15, 0.2) is 24.3 Å². The predicted octanol–water partition coefficient (Wildman–Crippen LogP) is 2.75. The van der Waals surface area contributed by atoms with E-state index in [0.717, 1.165) is 20.7 Å². The molecule has 0 spiro atoms. The van der Waals surface area contributed by atoms with Crippen molar-refractivity contribution in [3.63, 3.8) is 0 Å². The van der Waals surface area contributed by atoms with E-state index in [0.29, 0.717) is 0 Å². The molecule has 4 nitrogen and oxygen atoms in total. The van der Waals surface area contributed by atoms with Gasteiger partial charge in [-0.3, -0.25) is 5.43 Å². The molecule has 84 valence electrons. The molecule has 1 heterocycles. The number of rotatable bonds is 3. The molecule has 0 unspecified atom stereocenters. The van der Waals surface area contributed by atoms with Gasteiger partial charge in [0.2, 0.25) is 5.13 Å². The van der Waals surface area contributed by atoms with E-state index in [4.69, 9.17) is 11.6 Å². The lowest BCUT2D eigenvalue weighted by Gasteiger charge is -2.08. The largest absolute Gasteiger partial charge is 0.293 e. The van der Waals surface area contributed by atoms with Crippen LogP contribution in [0, 0.1) is 0 Å². The summed E-state index contributed by atoms with van der Waals surface area (Å²) in [5.74, 6) is 0. The fraction of sp³-hybridized carbons (Fsp3) is 0.200. The van der Waals surface area contributed by atoms with E-state index in [1.165, 1.54) is 11.3 Å². The number of anilines is 1. The fourth-order valence-corrected chi connectivity index (χ4v) is 2.12. The van der Waals surface area contributed by atoms with Crippen LogP contribution in [-0.4, -0.2) is 29.3 Å². The standard InChI is InChI=1S/C10H11ClN4S/c1-15(2)14-10-13-12-9(16-10)7-3-5-8(11)6-4-7/h3-6H,1-2H3,(H,13,14). The molecule has 0 fully saturated rings. The summed E-state index contributed by atoms with van der Waals surface area (Å²) < 4.78 is 0. The molecule has 0 radical (unpaired) electrons. The van der Waals surface area contributed by atoms with Crippen LogP contribution in [-0.2, 0) is 0 Å². The van der Waals surface area contributed by atoms with Crippen LogP contribution in [0.3, 0.4) is 0 Å². The van der Waals surface area contributed by atoms with Crippen molar-refractivity contribution in [2.75, 3.05) is 19.5 Å². The zero-order valence-corrected chi connectivity index (χ0v) is 10.5. The van der Waals surface area contributed by atoms with Crippen molar-refractivity contribution >= 4 is 28.1 Å². The summed E-state index contributed by atoms with van der Waals surface area (Å²) in [6.45, 7) is 0. The van der Waals surface area contributed by atoms with Gasteiger partial charge in [0.25, 0.3) is 0 Å². The van der Waals surface area contributed by atoms with Crippen molar-refractivity contribution in [2.24, 2.45) is 0 Å². The first-order valence-corrected chi connectivity index (χ1v) is 5.88. The molecule has 2 rings (SSSR count). The highest BCUT2D eigenvalue weighted by Crippen LogP contribution is 2.27. The topological polar surface area (TPSA) is 41.0 Å². The molecule has 0 aliphatic rings. The number of hydrazine groups is 1. The van der Waals surface area contributed by atoms with Gasteiger partial charge in [-0.05, 0) is 12.1 Å². The van der Waals surface area contributed by atoms with Crippen LogP contribution in [0.4, 0.5) is 5.13 Å². The van der Waals surface area contributed by atoms with Crippen LogP contribution in [0.25, 0.3) is 10.6 Å². The van der Waals surface area contributed by atoms with Gasteiger partial charge in [-0.15, -0.1) is 10.2 Å². The summed E-state index contributed by atoms with van der Waals surface area (Å²) in [6, 6.07) is 7.55. The Labute approximate surface area is 103 Å². The van der Waals surface area contributed by atoms with E-state index in [1.807, 2.05) is 43.4 Å². The third-order valence-corrected chi connectivity index (χ3v) is 2.96. The molecule has 0 saturated heterocycles. The second-order valence-corrected chi connectivity index (χ2v) is 4.84. The summed E-state index contributed by atoms with van der Waals surface area (Å²) in [4.78, 5) is 0. The van der Waals surface area contributed by atoms with Crippen molar-refractivity contribution in [1.29, 1.82) is 0 Å². The third kappa shape index (κ3) is 2.69. The molecule has 1 N–H and O–H groups in total. The van der Waals surface area contributed by atoms with Gasteiger partial charge in [-0.1, -0.05) is 35.1 Å². The average Bonchev–Trinajstić information content (AvgIpc) is 2.66. The Hall–Kier alpha value is -1.17. The Morgan fingerprint density at radius 2 is 1.88 bits per heavy atom. The quantitative estimate of drug-likeness (QED) is 0.856. The van der Waals surface area contributed by atoms with Gasteiger partial charge in [0.15, 0.2) is 0 Å². The highest BCUT2D eigenvalue weighted by molar-refractivity contribution is 7.18. The Kier molecular flexibility index (Phi) is 3.38. The van der Waals surface area contributed by atoms with Gasteiger partial charge >= 0.3 is 0 Å². The summed E-state index contributed by atoms with van der Waals surface area (Å²) >= 11 is 7.32. The normalized spacial score (nSPS) is 10.8. The van der Waals surface area contributed by atoms with E-state index in [-0.39, 0.29) is 0 Å². The lowest BCUT2D eigenvalue weighted by atomic mass is 10.2. The first-order chi connectivity index (χ1) is 7.65. The summed E-state index contributed by atoms with van der Waals surface area (Å²) in [5, 5.41) is 12.3. The SMILES string of the molecule is CN(C)Nc1nnc(-c2ccc(Cl)cc2)s1. The van der Waals surface area contributed by atoms with E-state index >= 15 is 0 Å². The predicted molar refractivity (Wildman–Crippen MR) is 67.7 cm³/mol. The van der Waals surface area contributed by atoms with E-state index < -0.39 is 0 Å². The summed E-state index contributed by atoms with van der Waals surface area (Å²) in [6.07, 6.45) is 0. The third-order valence-electron chi connectivity index (χ3n) is 1.84. The van der Waals surface area contributed by atoms with Crippen molar-refractivity contribution in [2.45, 2.75) is 0 Å². The smallest absolute Gasteiger partial charge is 0.220 e. The molecule has 2 aromatic rings. The maximum Gasteiger partial charge on any atom is 0.220 e. The van der Waals surface area contributed by atoms with Gasteiger partial charge < -0.3 is 0 Å². The van der Waals surface area contributed by atoms with Gasteiger partial charge in [0.05, 0.1) is 0 Å². The number of benzene rings is 1. The maximum absolute atomic E-state index is 5.82. The van der Waals surface area contributed by atoms with Crippen LogP contribution in [0.2, 0.25) is 5.02 Å². The van der Waals surface area contributed by atoms with Crippen LogP contribution in [0.1, 0.15) is 0 Å². The minimum absolute atomic E-state index is 0.722. The molecule has 0 atom stereocenters. The molecule has 0 saturated carbocycles. The number of nitrogens with zero attached hydrogens (tertiary/aromatic N) is 3. The Bertz CT molecular complexity index is 466. The molecule has 1 aromatic heterocycles. The number of aromatic nitrogens is 2. The first kappa shape index (κ1) is 11.3. The van der Waals surface area contributed by atoms with Gasteiger partial charge in [-0.25, -0.2) is 5.01 Å². The van der Waals surface area contributed by atoms with Crippen molar-refractivity contribution < 1.29 is 0 Å². The molecular formula is C10H11ClN4S. The van der Waals surface area contributed by atoms with Gasteiger partial charge in [0, 0.05) is 24.7 Å². The summed E-state index contributed by atoms with van der Waals surface area (Å²) in [7, 11) is 3.81. The molecule has 0 aliphatic carbocycles. The van der Waals surface area contributed by atoms with Crippen molar-refractivity contribution in [3.8, 4) is 10.6 Å². The second-order valence-electron chi connectivity index (χ2n) is 3.43. The zero-order chi connectivity index (χ0) is 11.5. The molecule has 0 bridgehead atoms. The monoisotopic (exact) mass is 254 g/mol. The van der Waals surface area contributed by atoms with Crippen molar-refractivity contribution in [1.82, 2.24) is 15.2 Å². The minimum Gasteiger partial charge on any atom is -0.293 e. The zero-order valence-electron chi connectivity index (χ0n) is 8.94. The fourth-order valence-electron chi connectivity index (χ4n) is 1.17. The molecule has 1 aromatic carbocycles. The highest BCUT2D eigenvalue weighted by atomic mass is 35.5. The van der Waals surface area contributed by atoms with E-state index in [1.54, 1.807) is 0 Å². The molecule has 16 heavy (non-hydrogen) atoms.